The van der Waals surface area contributed by atoms with Crippen LogP contribution in [0.5, 0.6) is 0 Å². The number of benzene rings is 2. The Labute approximate surface area is 146 Å². The van der Waals surface area contributed by atoms with Crippen LogP contribution in [0.15, 0.2) is 47.4 Å². The van der Waals surface area contributed by atoms with Crippen LogP contribution >= 0.6 is 0 Å². The van der Waals surface area contributed by atoms with Crippen molar-refractivity contribution in [2.24, 2.45) is 0 Å². The van der Waals surface area contributed by atoms with Gasteiger partial charge in [-0.2, -0.15) is 4.31 Å². The third-order valence-corrected chi connectivity index (χ3v) is 6.30. The maximum Gasteiger partial charge on any atom is 0.244 e. The van der Waals surface area contributed by atoms with Crippen molar-refractivity contribution in [2.75, 3.05) is 13.1 Å². The second-order valence-corrected chi connectivity index (χ2v) is 7.96. The summed E-state index contributed by atoms with van der Waals surface area (Å²) in [7, 11) is -3.96. The molecule has 0 aromatic heterocycles. The fourth-order valence-electron chi connectivity index (χ4n) is 3.01. The number of nitrogens with zero attached hydrogens (tertiary/aromatic N) is 1. The summed E-state index contributed by atoms with van der Waals surface area (Å²) in [4.78, 5) is 12.5. The van der Waals surface area contributed by atoms with Gasteiger partial charge in [0.05, 0.1) is 4.90 Å². The van der Waals surface area contributed by atoms with Gasteiger partial charge >= 0.3 is 0 Å². The van der Waals surface area contributed by atoms with E-state index in [4.69, 9.17) is 0 Å². The molecule has 0 bridgehead atoms. The molecule has 2 aromatic carbocycles. The number of carbonyl (C=O) groups excluding carboxylic acids is 1. The number of nitrogens with one attached hydrogen (secondary N) is 1. The summed E-state index contributed by atoms with van der Waals surface area (Å²) in [5, 5.41) is 2.63. The van der Waals surface area contributed by atoms with Gasteiger partial charge in [0.25, 0.3) is 0 Å². The second-order valence-electron chi connectivity index (χ2n) is 6.10. The van der Waals surface area contributed by atoms with Crippen molar-refractivity contribution in [3.05, 3.63) is 65.0 Å². The van der Waals surface area contributed by atoms with Crippen LogP contribution in [0.25, 0.3) is 0 Å². The molecule has 0 spiro atoms. The first kappa shape index (κ1) is 17.6. The number of rotatable bonds is 3. The number of carbonyl (C=O) groups is 1. The fraction of sp³-hybridized carbons (Fsp3) is 0.278. The molecular weight excluding hydrogens is 343 g/mol. The van der Waals surface area contributed by atoms with Crippen molar-refractivity contribution in [3.8, 4) is 0 Å². The average Bonchev–Trinajstić information content (AvgIpc) is 2.57. The SMILES string of the molecule is Cc1ccc(C)c(S(=O)(=O)N2CCNC(=O)C2c2ccccc2F)c1. The van der Waals surface area contributed by atoms with Crippen molar-refractivity contribution in [1.29, 1.82) is 0 Å². The molecule has 1 aliphatic heterocycles. The third kappa shape index (κ3) is 3.17. The van der Waals surface area contributed by atoms with Crippen LogP contribution in [0.4, 0.5) is 4.39 Å². The number of piperazine rings is 1. The highest BCUT2D eigenvalue weighted by atomic mass is 32.2. The Morgan fingerprint density at radius 1 is 1.16 bits per heavy atom. The third-order valence-electron chi connectivity index (χ3n) is 4.30. The summed E-state index contributed by atoms with van der Waals surface area (Å²) in [5.74, 6) is -1.13. The van der Waals surface area contributed by atoms with E-state index in [0.29, 0.717) is 5.56 Å². The van der Waals surface area contributed by atoms with Crippen molar-refractivity contribution in [3.63, 3.8) is 0 Å². The van der Waals surface area contributed by atoms with E-state index in [1.165, 1.54) is 18.2 Å². The van der Waals surface area contributed by atoms with Crippen LogP contribution < -0.4 is 5.32 Å². The van der Waals surface area contributed by atoms with Crippen LogP contribution in [-0.4, -0.2) is 31.7 Å². The zero-order valence-corrected chi connectivity index (χ0v) is 14.8. The van der Waals surface area contributed by atoms with Crippen LogP contribution in [0.1, 0.15) is 22.7 Å². The Morgan fingerprint density at radius 2 is 1.88 bits per heavy atom. The lowest BCUT2D eigenvalue weighted by Gasteiger charge is -2.34. The Morgan fingerprint density at radius 3 is 2.60 bits per heavy atom. The molecule has 0 radical (unpaired) electrons. The quantitative estimate of drug-likeness (QED) is 0.911. The molecule has 0 saturated carbocycles. The molecule has 1 saturated heterocycles. The highest BCUT2D eigenvalue weighted by Gasteiger charge is 2.41. The Balaban J connectivity index is 2.14. The molecule has 1 unspecified atom stereocenters. The molecule has 1 heterocycles. The van der Waals surface area contributed by atoms with Crippen LogP contribution in [0, 0.1) is 19.7 Å². The van der Waals surface area contributed by atoms with Gasteiger partial charge in [0, 0.05) is 18.7 Å². The van der Waals surface area contributed by atoms with Gasteiger partial charge < -0.3 is 5.32 Å². The summed E-state index contributed by atoms with van der Waals surface area (Å²) < 4.78 is 41.8. The van der Waals surface area contributed by atoms with Gasteiger partial charge in [-0.1, -0.05) is 30.3 Å². The lowest BCUT2D eigenvalue weighted by atomic mass is 10.0. The molecule has 0 aliphatic carbocycles. The summed E-state index contributed by atoms with van der Waals surface area (Å²) in [6.45, 7) is 3.78. The first-order valence-corrected chi connectivity index (χ1v) is 9.37. The van der Waals surface area contributed by atoms with E-state index in [0.717, 1.165) is 9.87 Å². The highest BCUT2D eigenvalue weighted by Crippen LogP contribution is 2.32. The number of aryl methyl sites for hydroxylation is 2. The van der Waals surface area contributed by atoms with Crippen molar-refractivity contribution in [1.82, 2.24) is 9.62 Å². The minimum Gasteiger partial charge on any atom is -0.353 e. The second kappa shape index (κ2) is 6.57. The Hall–Kier alpha value is -2.25. The molecule has 1 fully saturated rings. The van der Waals surface area contributed by atoms with E-state index in [1.807, 2.05) is 6.07 Å². The monoisotopic (exact) mass is 362 g/mol. The molecule has 1 atom stereocenters. The predicted molar refractivity (Wildman–Crippen MR) is 92.0 cm³/mol. The first-order chi connectivity index (χ1) is 11.8. The summed E-state index contributed by atoms with van der Waals surface area (Å²) >= 11 is 0. The van der Waals surface area contributed by atoms with Crippen molar-refractivity contribution >= 4 is 15.9 Å². The van der Waals surface area contributed by atoms with Crippen molar-refractivity contribution in [2.45, 2.75) is 24.8 Å². The van der Waals surface area contributed by atoms with Gasteiger partial charge in [0.1, 0.15) is 11.9 Å². The smallest absolute Gasteiger partial charge is 0.244 e. The van der Waals surface area contributed by atoms with E-state index < -0.39 is 27.8 Å². The largest absolute Gasteiger partial charge is 0.353 e. The van der Waals surface area contributed by atoms with Gasteiger partial charge in [0.2, 0.25) is 15.9 Å². The number of hydrogen-bond acceptors (Lipinski definition) is 3. The van der Waals surface area contributed by atoms with Gasteiger partial charge in [-0.25, -0.2) is 12.8 Å². The Bertz CT molecular complexity index is 928. The number of halogens is 1. The molecule has 1 N–H and O–H groups in total. The number of amides is 1. The summed E-state index contributed by atoms with van der Waals surface area (Å²) in [6.07, 6.45) is 0. The van der Waals surface area contributed by atoms with Gasteiger partial charge in [-0.15, -0.1) is 0 Å². The fourth-order valence-corrected chi connectivity index (χ4v) is 4.89. The topological polar surface area (TPSA) is 66.5 Å². The zero-order valence-electron chi connectivity index (χ0n) is 14.0. The first-order valence-electron chi connectivity index (χ1n) is 7.93. The summed E-state index contributed by atoms with van der Waals surface area (Å²) in [6, 6.07) is 9.66. The standard InChI is InChI=1S/C18H19FN2O3S/c1-12-7-8-13(2)16(11-12)25(23,24)21-10-9-20-18(22)17(21)14-5-3-4-6-15(14)19/h3-8,11,17H,9-10H2,1-2H3,(H,20,22). The minimum absolute atomic E-state index is 0.0496. The molecule has 25 heavy (non-hydrogen) atoms. The maximum absolute atomic E-state index is 14.3. The average molecular weight is 362 g/mol. The van der Waals surface area contributed by atoms with Crippen LogP contribution in [-0.2, 0) is 14.8 Å². The van der Waals surface area contributed by atoms with Crippen molar-refractivity contribution < 1.29 is 17.6 Å². The van der Waals surface area contributed by atoms with E-state index in [9.17, 15) is 17.6 Å². The van der Waals surface area contributed by atoms with E-state index in [-0.39, 0.29) is 23.5 Å². The molecule has 7 heteroatoms. The number of sulfonamides is 1. The lowest BCUT2D eigenvalue weighted by Crippen LogP contribution is -2.52. The summed E-state index contributed by atoms with van der Waals surface area (Å²) in [5.41, 5.74) is 1.44. The van der Waals surface area contributed by atoms with Crippen LogP contribution in [0.3, 0.4) is 0 Å². The molecular formula is C18H19FN2O3S. The molecule has 1 amide bonds. The maximum atomic E-state index is 14.3. The highest BCUT2D eigenvalue weighted by molar-refractivity contribution is 7.89. The molecule has 2 aromatic rings. The number of hydrogen-bond donors (Lipinski definition) is 1. The van der Waals surface area contributed by atoms with Gasteiger partial charge in [0.15, 0.2) is 0 Å². The zero-order chi connectivity index (χ0) is 18.2. The molecule has 132 valence electrons. The molecule has 3 rings (SSSR count). The van der Waals surface area contributed by atoms with Gasteiger partial charge in [-0.3, -0.25) is 4.79 Å². The minimum atomic E-state index is -3.96. The van der Waals surface area contributed by atoms with E-state index in [1.54, 1.807) is 32.0 Å². The van der Waals surface area contributed by atoms with Crippen LogP contribution in [0.2, 0.25) is 0 Å². The van der Waals surface area contributed by atoms with Gasteiger partial charge in [-0.05, 0) is 37.1 Å². The Kier molecular flexibility index (Phi) is 4.62. The van der Waals surface area contributed by atoms with E-state index in [2.05, 4.69) is 5.32 Å². The molecule has 5 nitrogen and oxygen atoms in total. The van der Waals surface area contributed by atoms with E-state index >= 15 is 0 Å². The predicted octanol–water partition coefficient (Wildman–Crippen LogP) is 2.30. The normalized spacial score (nSPS) is 18.8. The molecule has 1 aliphatic rings. The lowest BCUT2D eigenvalue weighted by molar-refractivity contribution is -0.127.